The minimum absolute atomic E-state index is 0. The Morgan fingerprint density at radius 3 is 2.55 bits per heavy atom. The van der Waals surface area contributed by atoms with E-state index in [1.54, 1.807) is 6.26 Å². The van der Waals surface area contributed by atoms with Crippen LogP contribution in [0.4, 0.5) is 0 Å². The van der Waals surface area contributed by atoms with Crippen molar-refractivity contribution in [2.75, 3.05) is 40.8 Å². The van der Waals surface area contributed by atoms with Crippen molar-refractivity contribution in [3.8, 4) is 0 Å². The van der Waals surface area contributed by atoms with E-state index in [4.69, 9.17) is 4.42 Å². The largest absolute Gasteiger partial charge is 0.468 e. The lowest BCUT2D eigenvalue weighted by molar-refractivity contribution is 0.215. The molecular formula is C22H34IN5O. The third-order valence-corrected chi connectivity index (χ3v) is 5.09. The molecule has 3 rings (SSSR count). The SMILES string of the molecule is CN=C(NCc1cccc(CN(C)C)c1)NCC(c1ccco1)N1CCCC1.I. The first-order valence-corrected chi connectivity index (χ1v) is 10.1. The van der Waals surface area contributed by atoms with Crippen molar-refractivity contribution in [3.05, 3.63) is 59.5 Å². The van der Waals surface area contributed by atoms with Crippen LogP contribution in [0.3, 0.4) is 0 Å². The van der Waals surface area contributed by atoms with Gasteiger partial charge in [0.05, 0.1) is 12.3 Å². The molecule has 2 aromatic rings. The maximum atomic E-state index is 5.70. The van der Waals surface area contributed by atoms with Gasteiger partial charge in [-0.2, -0.15) is 0 Å². The van der Waals surface area contributed by atoms with Gasteiger partial charge in [0.25, 0.3) is 0 Å². The number of hydrogen-bond acceptors (Lipinski definition) is 4. The van der Waals surface area contributed by atoms with Crippen LogP contribution in [0.5, 0.6) is 0 Å². The van der Waals surface area contributed by atoms with E-state index in [0.717, 1.165) is 44.4 Å². The molecule has 1 saturated heterocycles. The predicted molar refractivity (Wildman–Crippen MR) is 130 cm³/mol. The zero-order valence-electron chi connectivity index (χ0n) is 17.7. The first kappa shape index (κ1) is 23.7. The lowest BCUT2D eigenvalue weighted by atomic mass is 10.1. The van der Waals surface area contributed by atoms with Crippen LogP contribution in [0.1, 0.15) is 35.8 Å². The maximum Gasteiger partial charge on any atom is 0.191 e. The summed E-state index contributed by atoms with van der Waals surface area (Å²) < 4.78 is 5.70. The predicted octanol–water partition coefficient (Wildman–Crippen LogP) is 3.46. The minimum Gasteiger partial charge on any atom is -0.468 e. The summed E-state index contributed by atoms with van der Waals surface area (Å²) in [5, 5.41) is 6.91. The fourth-order valence-corrected chi connectivity index (χ4v) is 3.75. The van der Waals surface area contributed by atoms with Crippen molar-refractivity contribution in [1.82, 2.24) is 20.4 Å². The lowest BCUT2D eigenvalue weighted by Crippen LogP contribution is -2.42. The Kier molecular flexibility index (Phi) is 9.96. The summed E-state index contributed by atoms with van der Waals surface area (Å²) >= 11 is 0. The highest BCUT2D eigenvalue weighted by molar-refractivity contribution is 14.0. The van der Waals surface area contributed by atoms with Crippen molar-refractivity contribution in [1.29, 1.82) is 0 Å². The summed E-state index contributed by atoms with van der Waals surface area (Å²) in [6.07, 6.45) is 4.27. The van der Waals surface area contributed by atoms with Gasteiger partial charge in [-0.05, 0) is 63.3 Å². The Bertz CT molecular complexity index is 741. The van der Waals surface area contributed by atoms with Crippen LogP contribution in [0.15, 0.2) is 52.1 Å². The van der Waals surface area contributed by atoms with Gasteiger partial charge in [-0.15, -0.1) is 24.0 Å². The van der Waals surface area contributed by atoms with Gasteiger partial charge in [-0.3, -0.25) is 9.89 Å². The fourth-order valence-electron chi connectivity index (χ4n) is 3.75. The molecule has 160 valence electrons. The molecule has 0 bridgehead atoms. The van der Waals surface area contributed by atoms with E-state index in [2.05, 4.69) is 69.9 Å². The molecular weight excluding hydrogens is 477 g/mol. The van der Waals surface area contributed by atoms with E-state index in [1.807, 2.05) is 13.1 Å². The summed E-state index contributed by atoms with van der Waals surface area (Å²) in [5.74, 6) is 1.83. The van der Waals surface area contributed by atoms with Crippen molar-refractivity contribution in [2.24, 2.45) is 4.99 Å². The highest BCUT2D eigenvalue weighted by Crippen LogP contribution is 2.24. The molecule has 0 spiro atoms. The second-order valence-electron chi connectivity index (χ2n) is 7.64. The van der Waals surface area contributed by atoms with E-state index in [0.29, 0.717) is 0 Å². The van der Waals surface area contributed by atoms with Crippen molar-refractivity contribution < 1.29 is 4.42 Å². The summed E-state index contributed by atoms with van der Waals surface area (Å²) in [4.78, 5) is 9.06. The molecule has 6 nitrogen and oxygen atoms in total. The molecule has 1 aliphatic rings. The van der Waals surface area contributed by atoms with Crippen molar-refractivity contribution in [3.63, 3.8) is 0 Å². The molecule has 1 aromatic heterocycles. The third kappa shape index (κ3) is 7.31. The molecule has 1 aromatic carbocycles. The van der Waals surface area contributed by atoms with Gasteiger partial charge in [0.2, 0.25) is 0 Å². The molecule has 1 atom stereocenters. The topological polar surface area (TPSA) is 56.0 Å². The van der Waals surface area contributed by atoms with Crippen LogP contribution in [0, 0.1) is 0 Å². The van der Waals surface area contributed by atoms with E-state index < -0.39 is 0 Å². The molecule has 0 radical (unpaired) electrons. The van der Waals surface area contributed by atoms with Crippen LogP contribution < -0.4 is 10.6 Å². The van der Waals surface area contributed by atoms with Gasteiger partial charge in [0, 0.05) is 26.7 Å². The van der Waals surface area contributed by atoms with Gasteiger partial charge >= 0.3 is 0 Å². The number of halogens is 1. The molecule has 29 heavy (non-hydrogen) atoms. The molecule has 2 N–H and O–H groups in total. The zero-order valence-corrected chi connectivity index (χ0v) is 20.1. The van der Waals surface area contributed by atoms with Gasteiger partial charge in [-0.1, -0.05) is 24.3 Å². The van der Waals surface area contributed by atoms with Crippen LogP contribution in [-0.2, 0) is 13.1 Å². The number of aliphatic imine (C=N–C) groups is 1. The molecule has 2 heterocycles. The summed E-state index contributed by atoms with van der Waals surface area (Å²) in [6.45, 7) is 4.71. The number of guanidine groups is 1. The van der Waals surface area contributed by atoms with E-state index in [1.165, 1.54) is 24.0 Å². The highest BCUT2D eigenvalue weighted by Gasteiger charge is 2.25. The smallest absolute Gasteiger partial charge is 0.191 e. The summed E-state index contributed by atoms with van der Waals surface area (Å²) in [5.41, 5.74) is 2.57. The molecule has 0 saturated carbocycles. The average molecular weight is 511 g/mol. The Balaban J connectivity index is 0.00000300. The normalized spacial score (nSPS) is 15.9. The summed E-state index contributed by atoms with van der Waals surface area (Å²) in [7, 11) is 5.99. The van der Waals surface area contributed by atoms with Crippen LogP contribution in [-0.4, -0.2) is 56.5 Å². The second kappa shape index (κ2) is 12.2. The van der Waals surface area contributed by atoms with Crippen LogP contribution >= 0.6 is 24.0 Å². The van der Waals surface area contributed by atoms with Crippen LogP contribution in [0.25, 0.3) is 0 Å². The maximum absolute atomic E-state index is 5.70. The standard InChI is InChI=1S/C22H33N5O.HI/c1-23-22(24-15-18-8-6-9-19(14-18)17-26(2)3)25-16-20(21-10-7-13-28-21)27-11-4-5-12-27;/h6-10,13-14,20H,4-5,11-12,15-17H2,1-3H3,(H2,23,24,25);1H. The lowest BCUT2D eigenvalue weighted by Gasteiger charge is -2.26. The number of hydrogen-bond donors (Lipinski definition) is 2. The molecule has 7 heteroatoms. The van der Waals surface area contributed by atoms with Crippen LogP contribution in [0.2, 0.25) is 0 Å². The minimum atomic E-state index is 0. The Hall–Kier alpha value is -1.58. The van der Waals surface area contributed by atoms with E-state index in [9.17, 15) is 0 Å². The molecule has 1 unspecified atom stereocenters. The van der Waals surface area contributed by atoms with Crippen molar-refractivity contribution in [2.45, 2.75) is 32.0 Å². The molecule has 1 fully saturated rings. The average Bonchev–Trinajstić information content (AvgIpc) is 3.39. The van der Waals surface area contributed by atoms with Gasteiger partial charge in [-0.25, -0.2) is 0 Å². The quantitative estimate of drug-likeness (QED) is 0.323. The first-order chi connectivity index (χ1) is 13.7. The molecule has 0 amide bonds. The monoisotopic (exact) mass is 511 g/mol. The molecule has 1 aliphatic heterocycles. The van der Waals surface area contributed by atoms with Gasteiger partial charge in [0.1, 0.15) is 5.76 Å². The number of nitrogens with one attached hydrogen (secondary N) is 2. The van der Waals surface area contributed by atoms with Gasteiger partial charge in [0.15, 0.2) is 5.96 Å². The first-order valence-electron chi connectivity index (χ1n) is 10.1. The number of benzene rings is 1. The molecule has 0 aliphatic carbocycles. The fraction of sp³-hybridized carbons (Fsp3) is 0.500. The highest BCUT2D eigenvalue weighted by atomic mass is 127. The zero-order chi connectivity index (χ0) is 19.8. The Labute approximate surface area is 191 Å². The number of likely N-dealkylation sites (tertiary alicyclic amines) is 1. The van der Waals surface area contributed by atoms with E-state index in [-0.39, 0.29) is 30.0 Å². The Morgan fingerprint density at radius 1 is 1.14 bits per heavy atom. The second-order valence-corrected chi connectivity index (χ2v) is 7.64. The van der Waals surface area contributed by atoms with Gasteiger partial charge < -0.3 is 20.0 Å². The number of rotatable bonds is 8. The number of nitrogens with zero attached hydrogens (tertiary/aromatic N) is 3. The van der Waals surface area contributed by atoms with Crippen molar-refractivity contribution >= 4 is 29.9 Å². The Morgan fingerprint density at radius 2 is 1.90 bits per heavy atom. The van der Waals surface area contributed by atoms with E-state index >= 15 is 0 Å². The summed E-state index contributed by atoms with van der Waals surface area (Å²) in [6, 6.07) is 12.9. The third-order valence-electron chi connectivity index (χ3n) is 5.09. The number of furan rings is 1.